The van der Waals surface area contributed by atoms with Crippen molar-refractivity contribution in [2.24, 2.45) is 4.99 Å². The average molecular weight is 355 g/mol. The molecule has 1 aliphatic heterocycles. The van der Waals surface area contributed by atoms with E-state index in [1.54, 1.807) is 0 Å². The molecule has 1 aliphatic rings. The van der Waals surface area contributed by atoms with E-state index in [0.717, 1.165) is 38.4 Å². The van der Waals surface area contributed by atoms with Crippen LogP contribution >= 0.6 is 24.0 Å². The maximum absolute atomic E-state index is 5.89. The van der Waals surface area contributed by atoms with Crippen LogP contribution in [0.3, 0.4) is 0 Å². The van der Waals surface area contributed by atoms with Gasteiger partial charge in [0.05, 0.1) is 18.2 Å². The highest BCUT2D eigenvalue weighted by Crippen LogP contribution is 2.29. The van der Waals surface area contributed by atoms with Gasteiger partial charge in [-0.25, -0.2) is 0 Å². The molecule has 0 bridgehead atoms. The second kappa shape index (κ2) is 8.13. The van der Waals surface area contributed by atoms with Crippen molar-refractivity contribution >= 4 is 29.9 Å². The van der Waals surface area contributed by atoms with Gasteiger partial charge in [0, 0.05) is 13.1 Å². The Morgan fingerprint density at radius 1 is 1.29 bits per heavy atom. The zero-order valence-corrected chi connectivity index (χ0v) is 13.7. The Balaban J connectivity index is 0.00000256. The first-order valence-electron chi connectivity index (χ1n) is 6.27. The molecule has 0 aromatic carbocycles. The molecule has 0 aromatic heterocycles. The Hall–Kier alpha value is -0.0400. The molecule has 2 N–H and O–H groups in total. The minimum absolute atomic E-state index is 0. The van der Waals surface area contributed by atoms with E-state index in [1.807, 2.05) is 0 Å². The van der Waals surface area contributed by atoms with Crippen molar-refractivity contribution in [1.29, 1.82) is 0 Å². The SMILES string of the molecule is CCNC(=NCC1CCC(C)(C)O1)NCC.I. The maximum Gasteiger partial charge on any atom is 0.191 e. The van der Waals surface area contributed by atoms with Gasteiger partial charge in [0.2, 0.25) is 0 Å². The van der Waals surface area contributed by atoms with Crippen LogP contribution in [0.1, 0.15) is 40.5 Å². The molecule has 0 radical (unpaired) electrons. The molecule has 0 aromatic rings. The molecule has 5 heteroatoms. The van der Waals surface area contributed by atoms with Gasteiger partial charge in [-0.2, -0.15) is 0 Å². The molecule has 0 aliphatic carbocycles. The fourth-order valence-electron chi connectivity index (χ4n) is 1.91. The summed E-state index contributed by atoms with van der Waals surface area (Å²) < 4.78 is 5.89. The summed E-state index contributed by atoms with van der Waals surface area (Å²) in [6, 6.07) is 0. The van der Waals surface area contributed by atoms with Crippen LogP contribution in [-0.4, -0.2) is 37.3 Å². The van der Waals surface area contributed by atoms with Gasteiger partial charge in [0.1, 0.15) is 0 Å². The number of ether oxygens (including phenoxy) is 1. The summed E-state index contributed by atoms with van der Waals surface area (Å²) >= 11 is 0. The maximum atomic E-state index is 5.89. The van der Waals surface area contributed by atoms with E-state index in [0.29, 0.717) is 0 Å². The molecule has 1 rings (SSSR count). The Bertz CT molecular complexity index is 236. The minimum Gasteiger partial charge on any atom is -0.370 e. The quantitative estimate of drug-likeness (QED) is 0.461. The Labute approximate surface area is 122 Å². The molecule has 4 nitrogen and oxygen atoms in total. The number of aliphatic imine (C=N–C) groups is 1. The summed E-state index contributed by atoms with van der Waals surface area (Å²) in [5.74, 6) is 0.887. The first-order valence-corrected chi connectivity index (χ1v) is 6.27. The fourth-order valence-corrected chi connectivity index (χ4v) is 1.91. The first-order chi connectivity index (χ1) is 7.57. The van der Waals surface area contributed by atoms with Crippen molar-refractivity contribution in [3.05, 3.63) is 0 Å². The van der Waals surface area contributed by atoms with Crippen LogP contribution in [0, 0.1) is 0 Å². The average Bonchev–Trinajstić information content (AvgIpc) is 2.55. The molecule has 0 amide bonds. The van der Waals surface area contributed by atoms with Crippen molar-refractivity contribution in [2.75, 3.05) is 19.6 Å². The second-order valence-electron chi connectivity index (χ2n) is 4.79. The van der Waals surface area contributed by atoms with Gasteiger partial charge in [-0.1, -0.05) is 0 Å². The third kappa shape index (κ3) is 6.45. The molecule has 1 atom stereocenters. The molecule has 1 saturated heterocycles. The lowest BCUT2D eigenvalue weighted by Gasteiger charge is -2.18. The third-order valence-corrected chi connectivity index (χ3v) is 2.70. The number of halogens is 1. The van der Waals surface area contributed by atoms with Crippen LogP contribution in [0.25, 0.3) is 0 Å². The van der Waals surface area contributed by atoms with E-state index in [4.69, 9.17) is 4.74 Å². The highest BCUT2D eigenvalue weighted by Gasteiger charge is 2.31. The normalized spacial score (nSPS) is 21.5. The zero-order chi connectivity index (χ0) is 12.0. The lowest BCUT2D eigenvalue weighted by molar-refractivity contribution is -0.0106. The standard InChI is InChI=1S/C12H25N3O.HI/c1-5-13-11(14-6-2)15-9-10-7-8-12(3,4)16-10;/h10H,5-9H2,1-4H3,(H2,13,14,15);1H. The second-order valence-corrected chi connectivity index (χ2v) is 4.79. The monoisotopic (exact) mass is 355 g/mol. The molecule has 1 unspecified atom stereocenters. The number of nitrogens with one attached hydrogen (secondary N) is 2. The van der Waals surface area contributed by atoms with Gasteiger partial charge in [-0.05, 0) is 40.5 Å². The lowest BCUT2D eigenvalue weighted by atomic mass is 10.1. The lowest BCUT2D eigenvalue weighted by Crippen LogP contribution is -2.37. The summed E-state index contributed by atoms with van der Waals surface area (Å²) in [5, 5.41) is 6.42. The van der Waals surface area contributed by atoms with E-state index in [2.05, 4.69) is 43.3 Å². The molecule has 1 fully saturated rings. The molecular formula is C12H26IN3O. The van der Waals surface area contributed by atoms with Gasteiger partial charge >= 0.3 is 0 Å². The smallest absolute Gasteiger partial charge is 0.191 e. The summed E-state index contributed by atoms with van der Waals surface area (Å²) in [7, 11) is 0. The van der Waals surface area contributed by atoms with Gasteiger partial charge in [-0.3, -0.25) is 4.99 Å². The van der Waals surface area contributed by atoms with Gasteiger partial charge in [-0.15, -0.1) is 24.0 Å². The molecule has 0 spiro atoms. The van der Waals surface area contributed by atoms with Crippen LogP contribution in [0.4, 0.5) is 0 Å². The van der Waals surface area contributed by atoms with E-state index in [-0.39, 0.29) is 35.7 Å². The van der Waals surface area contributed by atoms with Gasteiger partial charge in [0.25, 0.3) is 0 Å². The van der Waals surface area contributed by atoms with E-state index in [1.165, 1.54) is 0 Å². The van der Waals surface area contributed by atoms with Crippen molar-refractivity contribution in [3.63, 3.8) is 0 Å². The number of hydrogen-bond donors (Lipinski definition) is 2. The van der Waals surface area contributed by atoms with Gasteiger partial charge < -0.3 is 15.4 Å². The minimum atomic E-state index is 0. The predicted octanol–water partition coefficient (Wildman–Crippen LogP) is 2.14. The zero-order valence-electron chi connectivity index (χ0n) is 11.4. The number of nitrogens with zero attached hydrogens (tertiary/aromatic N) is 1. The molecule has 17 heavy (non-hydrogen) atoms. The van der Waals surface area contributed by atoms with Crippen LogP contribution < -0.4 is 10.6 Å². The van der Waals surface area contributed by atoms with E-state index < -0.39 is 0 Å². The third-order valence-electron chi connectivity index (χ3n) is 2.70. The van der Waals surface area contributed by atoms with Crippen molar-refractivity contribution in [2.45, 2.75) is 52.2 Å². The Kier molecular flexibility index (Phi) is 8.11. The Morgan fingerprint density at radius 2 is 1.88 bits per heavy atom. The fraction of sp³-hybridized carbons (Fsp3) is 0.917. The number of hydrogen-bond acceptors (Lipinski definition) is 2. The van der Waals surface area contributed by atoms with Crippen LogP contribution in [0.2, 0.25) is 0 Å². The molecule has 1 heterocycles. The number of guanidine groups is 1. The predicted molar refractivity (Wildman–Crippen MR) is 83.3 cm³/mol. The molecule has 0 saturated carbocycles. The van der Waals surface area contributed by atoms with Gasteiger partial charge in [0.15, 0.2) is 5.96 Å². The summed E-state index contributed by atoms with van der Waals surface area (Å²) in [6.45, 7) is 11.0. The Morgan fingerprint density at radius 3 is 2.29 bits per heavy atom. The molecule has 102 valence electrons. The number of rotatable bonds is 4. The van der Waals surface area contributed by atoms with Crippen LogP contribution in [-0.2, 0) is 4.74 Å². The highest BCUT2D eigenvalue weighted by molar-refractivity contribution is 14.0. The van der Waals surface area contributed by atoms with Crippen molar-refractivity contribution in [1.82, 2.24) is 10.6 Å². The van der Waals surface area contributed by atoms with Crippen LogP contribution in [0.15, 0.2) is 4.99 Å². The first kappa shape index (κ1) is 17.0. The van der Waals surface area contributed by atoms with E-state index in [9.17, 15) is 0 Å². The van der Waals surface area contributed by atoms with Crippen LogP contribution in [0.5, 0.6) is 0 Å². The summed E-state index contributed by atoms with van der Waals surface area (Å²) in [6.07, 6.45) is 2.52. The highest BCUT2D eigenvalue weighted by atomic mass is 127. The largest absolute Gasteiger partial charge is 0.370 e. The summed E-state index contributed by atoms with van der Waals surface area (Å²) in [4.78, 5) is 4.52. The van der Waals surface area contributed by atoms with Crippen molar-refractivity contribution in [3.8, 4) is 0 Å². The topological polar surface area (TPSA) is 45.7 Å². The summed E-state index contributed by atoms with van der Waals surface area (Å²) in [5.41, 5.74) is 0.0384. The molecular weight excluding hydrogens is 329 g/mol. The van der Waals surface area contributed by atoms with E-state index >= 15 is 0 Å². The van der Waals surface area contributed by atoms with Crippen molar-refractivity contribution < 1.29 is 4.74 Å².